The van der Waals surface area contributed by atoms with Crippen molar-refractivity contribution in [3.8, 4) is 22.4 Å². The zero-order valence-corrected chi connectivity index (χ0v) is 12.4. The van der Waals surface area contributed by atoms with E-state index in [1.54, 1.807) is 0 Å². The topological polar surface area (TPSA) is 43.8 Å². The maximum atomic E-state index is 5.87. The molecular weight excluding hydrogens is 258 g/mol. The molecule has 0 amide bonds. The summed E-state index contributed by atoms with van der Waals surface area (Å²) < 4.78 is 1.81. The zero-order valence-electron chi connectivity index (χ0n) is 12.4. The van der Waals surface area contributed by atoms with Crippen molar-refractivity contribution in [2.45, 2.75) is 13.5 Å². The normalized spacial score (nSPS) is 10.8. The Morgan fingerprint density at radius 2 is 1.71 bits per heavy atom. The monoisotopic (exact) mass is 277 g/mol. The highest BCUT2D eigenvalue weighted by molar-refractivity contribution is 5.73. The first-order valence-corrected chi connectivity index (χ1v) is 7.07. The number of nitrogens with zero attached hydrogens (tertiary/aromatic N) is 2. The summed E-state index contributed by atoms with van der Waals surface area (Å²) in [6, 6.07) is 17.0. The molecule has 3 aromatic rings. The van der Waals surface area contributed by atoms with Gasteiger partial charge in [-0.15, -0.1) is 0 Å². The summed E-state index contributed by atoms with van der Waals surface area (Å²) in [5.74, 6) is 0. The first-order chi connectivity index (χ1) is 10.2. The predicted molar refractivity (Wildman–Crippen MR) is 86.7 cm³/mol. The summed E-state index contributed by atoms with van der Waals surface area (Å²) in [5.41, 5.74) is 12.7. The van der Waals surface area contributed by atoms with Gasteiger partial charge in [0, 0.05) is 25.4 Å². The highest BCUT2D eigenvalue weighted by Crippen LogP contribution is 2.28. The van der Waals surface area contributed by atoms with Crippen LogP contribution in [0.5, 0.6) is 0 Å². The Morgan fingerprint density at radius 1 is 1.00 bits per heavy atom. The van der Waals surface area contributed by atoms with Gasteiger partial charge in [-0.2, -0.15) is 5.10 Å². The van der Waals surface area contributed by atoms with Gasteiger partial charge in [0.2, 0.25) is 0 Å². The second-order valence-corrected chi connectivity index (χ2v) is 5.32. The lowest BCUT2D eigenvalue weighted by molar-refractivity contribution is 0.770. The van der Waals surface area contributed by atoms with Gasteiger partial charge >= 0.3 is 0 Å². The summed E-state index contributed by atoms with van der Waals surface area (Å²) in [5, 5.41) is 4.50. The van der Waals surface area contributed by atoms with Gasteiger partial charge in [-0.3, -0.25) is 4.68 Å². The maximum Gasteiger partial charge on any atom is 0.0926 e. The van der Waals surface area contributed by atoms with E-state index in [2.05, 4.69) is 54.5 Å². The number of aryl methyl sites for hydroxylation is 2. The van der Waals surface area contributed by atoms with E-state index in [-0.39, 0.29) is 0 Å². The highest BCUT2D eigenvalue weighted by Gasteiger charge is 2.09. The summed E-state index contributed by atoms with van der Waals surface area (Å²) in [4.78, 5) is 0. The molecule has 2 aromatic carbocycles. The third-order valence-corrected chi connectivity index (χ3v) is 3.70. The van der Waals surface area contributed by atoms with Crippen LogP contribution in [0.25, 0.3) is 22.4 Å². The molecule has 0 atom stereocenters. The van der Waals surface area contributed by atoms with Crippen LogP contribution in [0.3, 0.4) is 0 Å². The average Bonchev–Trinajstić information content (AvgIpc) is 2.94. The second kappa shape index (κ2) is 5.54. The van der Waals surface area contributed by atoms with Crippen LogP contribution in [0, 0.1) is 6.92 Å². The lowest BCUT2D eigenvalue weighted by atomic mass is 9.97. The number of rotatable bonds is 3. The number of benzene rings is 2. The number of hydrogen-bond acceptors (Lipinski definition) is 2. The fraction of sp³-hybridized carbons (Fsp3) is 0.167. The molecule has 0 aliphatic heterocycles. The van der Waals surface area contributed by atoms with Crippen molar-refractivity contribution in [3.63, 3.8) is 0 Å². The molecule has 3 heteroatoms. The molecule has 1 heterocycles. The minimum Gasteiger partial charge on any atom is -0.326 e. The van der Waals surface area contributed by atoms with Crippen LogP contribution in [0.1, 0.15) is 11.1 Å². The predicted octanol–water partition coefficient (Wildman–Crippen LogP) is 3.52. The van der Waals surface area contributed by atoms with E-state index in [1.807, 2.05) is 24.0 Å². The van der Waals surface area contributed by atoms with Crippen molar-refractivity contribution >= 4 is 0 Å². The van der Waals surface area contributed by atoms with Gasteiger partial charge in [-0.05, 0) is 35.7 Å². The maximum absolute atomic E-state index is 5.87. The van der Waals surface area contributed by atoms with Crippen molar-refractivity contribution in [2.24, 2.45) is 12.8 Å². The minimum absolute atomic E-state index is 0.514. The van der Waals surface area contributed by atoms with Gasteiger partial charge in [-0.25, -0.2) is 0 Å². The van der Waals surface area contributed by atoms with Gasteiger partial charge < -0.3 is 5.73 Å². The standard InChI is InChI=1S/C18H19N3/c1-13-3-5-14(6-4-13)15-7-8-16(12-19)17(11-15)18-9-10-21(2)20-18/h3-11H,12,19H2,1-2H3. The van der Waals surface area contributed by atoms with E-state index in [0.717, 1.165) is 16.8 Å². The zero-order chi connectivity index (χ0) is 14.8. The number of hydrogen-bond donors (Lipinski definition) is 1. The molecule has 0 aliphatic carbocycles. The molecule has 0 unspecified atom stereocenters. The van der Waals surface area contributed by atoms with Crippen molar-refractivity contribution in [2.75, 3.05) is 0 Å². The molecule has 0 saturated carbocycles. The smallest absolute Gasteiger partial charge is 0.0926 e. The van der Waals surface area contributed by atoms with Crippen molar-refractivity contribution in [1.82, 2.24) is 9.78 Å². The lowest BCUT2D eigenvalue weighted by Crippen LogP contribution is -2.00. The molecule has 0 saturated heterocycles. The van der Waals surface area contributed by atoms with E-state index in [4.69, 9.17) is 5.73 Å². The Kier molecular flexibility index (Phi) is 3.59. The molecule has 3 rings (SSSR count). The van der Waals surface area contributed by atoms with Crippen LogP contribution < -0.4 is 5.73 Å². The van der Waals surface area contributed by atoms with Crippen LogP contribution in [-0.4, -0.2) is 9.78 Å². The van der Waals surface area contributed by atoms with Crippen LogP contribution in [-0.2, 0) is 13.6 Å². The molecule has 3 nitrogen and oxygen atoms in total. The van der Waals surface area contributed by atoms with Gasteiger partial charge in [0.05, 0.1) is 5.69 Å². The van der Waals surface area contributed by atoms with E-state index in [0.29, 0.717) is 6.54 Å². The minimum atomic E-state index is 0.514. The van der Waals surface area contributed by atoms with Gasteiger partial charge in [-0.1, -0.05) is 42.0 Å². The van der Waals surface area contributed by atoms with Crippen LogP contribution in [0.4, 0.5) is 0 Å². The molecule has 0 bridgehead atoms. The largest absolute Gasteiger partial charge is 0.326 e. The summed E-state index contributed by atoms with van der Waals surface area (Å²) >= 11 is 0. The number of nitrogens with two attached hydrogens (primary N) is 1. The van der Waals surface area contributed by atoms with Crippen LogP contribution >= 0.6 is 0 Å². The van der Waals surface area contributed by atoms with Crippen LogP contribution in [0.2, 0.25) is 0 Å². The first-order valence-electron chi connectivity index (χ1n) is 7.07. The van der Waals surface area contributed by atoms with E-state index in [1.165, 1.54) is 16.7 Å². The molecule has 0 spiro atoms. The molecule has 2 N–H and O–H groups in total. The van der Waals surface area contributed by atoms with Crippen LogP contribution in [0.15, 0.2) is 54.7 Å². The van der Waals surface area contributed by atoms with E-state index >= 15 is 0 Å². The molecule has 0 fully saturated rings. The molecule has 0 radical (unpaired) electrons. The SMILES string of the molecule is Cc1ccc(-c2ccc(CN)c(-c3ccn(C)n3)c2)cc1. The van der Waals surface area contributed by atoms with Crippen molar-refractivity contribution in [3.05, 3.63) is 65.9 Å². The first kappa shape index (κ1) is 13.6. The third-order valence-electron chi connectivity index (χ3n) is 3.70. The van der Waals surface area contributed by atoms with Gasteiger partial charge in [0.1, 0.15) is 0 Å². The summed E-state index contributed by atoms with van der Waals surface area (Å²) in [6.45, 7) is 2.61. The Hall–Kier alpha value is -2.39. The van der Waals surface area contributed by atoms with Crippen molar-refractivity contribution < 1.29 is 0 Å². The molecule has 0 aliphatic rings. The highest BCUT2D eigenvalue weighted by atomic mass is 15.2. The summed E-state index contributed by atoms with van der Waals surface area (Å²) in [7, 11) is 1.93. The average molecular weight is 277 g/mol. The van der Waals surface area contributed by atoms with E-state index < -0.39 is 0 Å². The lowest BCUT2D eigenvalue weighted by Gasteiger charge is -2.09. The molecular formula is C18H19N3. The Bertz CT molecular complexity index is 754. The fourth-order valence-electron chi connectivity index (χ4n) is 2.48. The third kappa shape index (κ3) is 2.73. The molecule has 21 heavy (non-hydrogen) atoms. The van der Waals surface area contributed by atoms with Gasteiger partial charge in [0.25, 0.3) is 0 Å². The Balaban J connectivity index is 2.10. The number of aromatic nitrogens is 2. The molecule has 106 valence electrons. The van der Waals surface area contributed by atoms with Crippen molar-refractivity contribution in [1.29, 1.82) is 0 Å². The quantitative estimate of drug-likeness (QED) is 0.796. The Morgan fingerprint density at radius 3 is 2.33 bits per heavy atom. The Labute approximate surface area is 125 Å². The molecule has 1 aromatic heterocycles. The second-order valence-electron chi connectivity index (χ2n) is 5.32. The van der Waals surface area contributed by atoms with Gasteiger partial charge in [0.15, 0.2) is 0 Å². The van der Waals surface area contributed by atoms with E-state index in [9.17, 15) is 0 Å². The summed E-state index contributed by atoms with van der Waals surface area (Å²) in [6.07, 6.45) is 1.95. The fourth-order valence-corrected chi connectivity index (χ4v) is 2.48.